The fraction of sp³-hybridized carbons (Fsp3) is 0.303. The van der Waals surface area contributed by atoms with E-state index in [9.17, 15) is 86.2 Å². The molecule has 3 aliphatic heterocycles. The van der Waals surface area contributed by atoms with E-state index < -0.39 is 135 Å². The van der Waals surface area contributed by atoms with Crippen LogP contribution in [-0.4, -0.2) is 167 Å². The van der Waals surface area contributed by atoms with Crippen molar-refractivity contribution in [2.24, 2.45) is 0 Å². The number of phenols is 3. The number of nitrogens with zero attached hydrogens (tertiary/aromatic N) is 18. The van der Waals surface area contributed by atoms with E-state index in [1.54, 1.807) is 87.0 Å². The van der Waals surface area contributed by atoms with Gasteiger partial charge in [-0.1, -0.05) is 131 Å². The largest absolute Gasteiger partial charge is 0.504 e. The number of fused-ring (bicyclic) bond motifs is 3. The molecular formula is C99H87Cl6F9N18O9. The van der Waals surface area contributed by atoms with Gasteiger partial charge >= 0.3 is 0 Å². The molecule has 12 heterocycles. The van der Waals surface area contributed by atoms with E-state index >= 15 is 13.2 Å². The minimum Gasteiger partial charge on any atom is -0.504 e. The molecule has 12 aromatic rings. The molecule has 0 unspecified atom stereocenters. The average molecular weight is 2060 g/mol. The van der Waals surface area contributed by atoms with E-state index in [4.69, 9.17) is 69.6 Å². The molecule has 15 rings (SSSR count). The molecule has 0 aliphatic carbocycles. The van der Waals surface area contributed by atoms with E-state index in [-0.39, 0.29) is 193 Å². The molecule has 9 aromatic heterocycles. The number of halogens is 15. The van der Waals surface area contributed by atoms with Crippen LogP contribution in [0.25, 0.3) is 83.9 Å². The maximum Gasteiger partial charge on any atom is 0.276 e. The molecular weight excluding hydrogens is 1970 g/mol. The summed E-state index contributed by atoms with van der Waals surface area (Å²) in [5.74, 6) is -22.5. The zero-order valence-electron chi connectivity index (χ0n) is 78.0. The number of benzene rings is 3. The van der Waals surface area contributed by atoms with Crippen molar-refractivity contribution in [3.8, 4) is 86.3 Å². The lowest BCUT2D eigenvalue weighted by Gasteiger charge is -2.45. The Morgan fingerprint density at radius 2 is 0.596 bits per heavy atom. The van der Waals surface area contributed by atoms with Crippen molar-refractivity contribution in [3.05, 3.63) is 257 Å². The highest BCUT2D eigenvalue weighted by Gasteiger charge is 2.43. The summed E-state index contributed by atoms with van der Waals surface area (Å²) in [5, 5.41) is 58.9. The molecule has 3 saturated heterocycles. The summed E-state index contributed by atoms with van der Waals surface area (Å²) in [6.45, 7) is 39.3. The number of carbonyl (C=O) groups excluding carboxylic acids is 3. The SMILES string of the molecule is C=CC(=O)N1[C@H](C)CN(c2c(C#N)c(=O)n(-c3c(C)ccnc3C(C)C)c3nc(-c4c(F)c(F)c(F)c(O)c4Cl)c(Cl)cc23)C[C@@H]1C.C=CC(=O)N1[C@H](C)CN(c2c(C#N)c(=O)n(-c3c(C)ccnc3C(C)C)c3nc(-c4c(F)c(F)c(F)c(O)c4Cl)c(Cl)cc23)C[C@@H]1C.C=CC(=O)N1[C@H](C)CN(c2c(C#N)c(=O)n(-c3c(C)ccnc3C(C)C)c3nc(-c4c(F)c(F)c(F)c(O)c4Cl)c(Cl)cc23)C[C@@H]1C. The van der Waals surface area contributed by atoms with Gasteiger partial charge in [0, 0.05) is 110 Å². The summed E-state index contributed by atoms with van der Waals surface area (Å²) >= 11 is 38.4. The molecule has 732 valence electrons. The standard InChI is InChI=1S/3C33H29Cl2F3N6O3/c3*1-7-21(45)43-16(5)12-42(13-17(43)6)30-18-10-20(34)28(22-23(35)31(46)26(38)25(37)24(22)36)41-32(18)44(33(47)19(30)11-39)29-15(4)8-9-40-27(29)14(2)3/h3*7-10,14,16-17,46H,1,12-13H2,2-6H3/t3*16-,17+. The van der Waals surface area contributed by atoms with Crippen molar-refractivity contribution >= 4 is 137 Å². The summed E-state index contributed by atoms with van der Waals surface area (Å²) in [6.07, 6.45) is 8.37. The third kappa shape index (κ3) is 18.1. The van der Waals surface area contributed by atoms with Crippen LogP contribution < -0.4 is 31.4 Å². The lowest BCUT2D eigenvalue weighted by Crippen LogP contribution is -2.58. The molecule has 0 radical (unpaired) electrons. The van der Waals surface area contributed by atoms with Crippen LogP contribution in [0.1, 0.15) is 151 Å². The van der Waals surface area contributed by atoms with Crippen LogP contribution in [0, 0.1) is 107 Å². The van der Waals surface area contributed by atoms with Crippen LogP contribution in [0.15, 0.2) is 107 Å². The number of pyridine rings is 9. The highest BCUT2D eigenvalue weighted by atomic mass is 35.5. The van der Waals surface area contributed by atoms with Gasteiger partial charge in [-0.05, 0) is 151 Å². The Balaban J connectivity index is 0.000000178. The van der Waals surface area contributed by atoms with Gasteiger partial charge in [0.25, 0.3) is 16.7 Å². The third-order valence-electron chi connectivity index (χ3n) is 24.8. The molecule has 0 saturated carbocycles. The Morgan fingerprint density at radius 3 is 0.787 bits per heavy atom. The number of aromatic nitrogens is 9. The maximum atomic E-state index is 15.3. The van der Waals surface area contributed by atoms with Crippen molar-refractivity contribution in [3.63, 3.8) is 0 Å². The van der Waals surface area contributed by atoms with Crippen molar-refractivity contribution in [2.75, 3.05) is 54.0 Å². The van der Waals surface area contributed by atoms with E-state index in [1.165, 1.54) is 50.1 Å². The van der Waals surface area contributed by atoms with Gasteiger partial charge in [-0.15, -0.1) is 0 Å². The first kappa shape index (κ1) is 105. The van der Waals surface area contributed by atoms with Gasteiger partial charge in [-0.2, -0.15) is 29.0 Å². The Hall–Kier alpha value is -13.8. The monoisotopic (exact) mass is 2050 g/mol. The topological polar surface area (TPSA) is 346 Å². The summed E-state index contributed by atoms with van der Waals surface area (Å²) in [6, 6.07) is 12.9. The molecule has 3 amide bonds. The van der Waals surface area contributed by atoms with Crippen LogP contribution in [0.3, 0.4) is 0 Å². The van der Waals surface area contributed by atoms with Gasteiger partial charge in [-0.3, -0.25) is 57.4 Å². The van der Waals surface area contributed by atoms with Gasteiger partial charge in [-0.25, -0.2) is 41.3 Å². The quantitative estimate of drug-likeness (QED) is 0.0371. The van der Waals surface area contributed by atoms with Crippen LogP contribution in [0.4, 0.5) is 56.6 Å². The second-order valence-electron chi connectivity index (χ2n) is 35.1. The molecule has 6 atom stereocenters. The lowest BCUT2D eigenvalue weighted by atomic mass is 10.0. The van der Waals surface area contributed by atoms with Crippen LogP contribution in [-0.2, 0) is 14.4 Å². The number of aryl methyl sites for hydroxylation is 3. The lowest BCUT2D eigenvalue weighted by molar-refractivity contribution is -0.131. The number of hydrogen-bond donors (Lipinski definition) is 3. The maximum absolute atomic E-state index is 15.3. The molecule has 141 heavy (non-hydrogen) atoms. The van der Waals surface area contributed by atoms with Crippen molar-refractivity contribution in [1.29, 1.82) is 15.8 Å². The molecule has 42 heteroatoms. The van der Waals surface area contributed by atoms with Crippen molar-refractivity contribution in [2.45, 2.75) is 158 Å². The second kappa shape index (κ2) is 40.8. The normalized spacial score (nSPS) is 16.6. The van der Waals surface area contributed by atoms with Crippen molar-refractivity contribution < 1.29 is 69.2 Å². The highest BCUT2D eigenvalue weighted by Crippen LogP contribution is 2.50. The first-order valence-corrected chi connectivity index (χ1v) is 45.9. The predicted molar refractivity (Wildman–Crippen MR) is 522 cm³/mol. The highest BCUT2D eigenvalue weighted by molar-refractivity contribution is 6.39. The van der Waals surface area contributed by atoms with Crippen LogP contribution in [0.5, 0.6) is 17.2 Å². The molecule has 0 spiro atoms. The molecule has 0 bridgehead atoms. The molecule has 27 nitrogen and oxygen atoms in total. The zero-order chi connectivity index (χ0) is 104. The Kier molecular flexibility index (Phi) is 30.3. The van der Waals surface area contributed by atoms with Gasteiger partial charge in [0.15, 0.2) is 52.2 Å². The number of rotatable bonds is 15. The summed E-state index contributed by atoms with van der Waals surface area (Å²) in [5.41, 5.74) is -2.74. The Bertz CT molecular complexity index is 6870. The number of carbonyl (C=O) groups is 3. The number of phenolic OH excluding ortho intramolecular Hbond substituents is 3. The number of nitriles is 3. The zero-order valence-corrected chi connectivity index (χ0v) is 82.5. The fourth-order valence-electron chi connectivity index (χ4n) is 18.7. The minimum atomic E-state index is -2.00. The van der Waals surface area contributed by atoms with Gasteiger partial charge < -0.3 is 44.7 Å². The second-order valence-corrected chi connectivity index (χ2v) is 37.5. The van der Waals surface area contributed by atoms with E-state index in [2.05, 4.69) is 49.6 Å². The van der Waals surface area contributed by atoms with Crippen molar-refractivity contribution in [1.82, 2.24) is 58.3 Å². The smallest absolute Gasteiger partial charge is 0.276 e. The number of anilines is 3. The Labute approximate surface area is 830 Å². The summed E-state index contributed by atoms with van der Waals surface area (Å²) < 4.78 is 136. The molecule has 3 N–H and O–H groups in total. The average Bonchev–Trinajstić information content (AvgIpc) is 0.725. The van der Waals surface area contributed by atoms with Gasteiger partial charge in [0.2, 0.25) is 35.2 Å². The van der Waals surface area contributed by atoms with E-state index in [0.29, 0.717) is 50.8 Å². The Morgan fingerprint density at radius 1 is 0.383 bits per heavy atom. The van der Waals surface area contributed by atoms with E-state index in [0.717, 1.165) is 0 Å². The number of aromatic hydroxyl groups is 3. The summed E-state index contributed by atoms with van der Waals surface area (Å²) in [4.78, 5) is 119. The summed E-state index contributed by atoms with van der Waals surface area (Å²) in [7, 11) is 0. The van der Waals surface area contributed by atoms with Crippen LogP contribution in [0.2, 0.25) is 30.1 Å². The molecule has 3 fully saturated rings. The first-order chi connectivity index (χ1) is 66.5. The van der Waals surface area contributed by atoms with Gasteiger partial charge in [0.1, 0.15) is 51.8 Å². The number of hydrogen-bond acceptors (Lipinski definition) is 21. The molecule has 3 aliphatic rings. The molecule has 3 aromatic carbocycles. The van der Waals surface area contributed by atoms with Gasteiger partial charge in [0.05, 0.1) is 115 Å². The van der Waals surface area contributed by atoms with E-state index in [1.807, 2.05) is 101 Å². The van der Waals surface area contributed by atoms with Crippen LogP contribution >= 0.6 is 69.6 Å². The number of amides is 3. The number of piperazine rings is 3. The third-order valence-corrected chi connectivity index (χ3v) is 26.7. The fourth-order valence-corrected chi connectivity index (χ4v) is 20.2. The first-order valence-electron chi connectivity index (χ1n) is 43.7. The minimum absolute atomic E-state index is 0.119. The predicted octanol–water partition coefficient (Wildman–Crippen LogP) is 20.4.